The molecule has 1 aliphatic rings. The molecule has 28 heavy (non-hydrogen) atoms. The van der Waals surface area contributed by atoms with Crippen LogP contribution < -0.4 is 10.6 Å². The Labute approximate surface area is 162 Å². The van der Waals surface area contributed by atoms with Gasteiger partial charge >= 0.3 is 5.97 Å². The van der Waals surface area contributed by atoms with Crippen molar-refractivity contribution in [2.24, 2.45) is 11.8 Å². The number of hydrogen-bond donors (Lipinski definition) is 6. The Hall–Kier alpha value is -2.97. The minimum atomic E-state index is -0.760. The highest BCUT2D eigenvalue weighted by molar-refractivity contribution is 5.98. The maximum Gasteiger partial charge on any atom is 0.306 e. The topological polar surface area (TPSA) is 156 Å². The predicted octanol–water partition coefficient (Wildman–Crippen LogP) is 1.32. The number of carbonyl (C=O) groups excluding carboxylic acids is 2. The molecule has 154 valence electrons. The number of benzene rings is 1. The van der Waals surface area contributed by atoms with E-state index in [-0.39, 0.29) is 30.4 Å². The predicted molar refractivity (Wildman–Crippen MR) is 99.1 cm³/mol. The highest BCUT2D eigenvalue weighted by atomic mass is 16.4. The third-order valence-electron chi connectivity index (χ3n) is 5.02. The normalized spacial score (nSPS) is 19.0. The van der Waals surface area contributed by atoms with Crippen LogP contribution in [0.3, 0.4) is 0 Å². The van der Waals surface area contributed by atoms with Gasteiger partial charge in [-0.05, 0) is 50.2 Å². The summed E-state index contributed by atoms with van der Waals surface area (Å²) >= 11 is 0. The second-order valence-corrected chi connectivity index (χ2v) is 7.05. The van der Waals surface area contributed by atoms with Gasteiger partial charge in [-0.1, -0.05) is 0 Å². The zero-order valence-electron chi connectivity index (χ0n) is 15.5. The molecule has 1 aromatic rings. The van der Waals surface area contributed by atoms with E-state index in [1.165, 1.54) is 6.07 Å². The van der Waals surface area contributed by atoms with Crippen molar-refractivity contribution in [3.8, 4) is 17.2 Å². The van der Waals surface area contributed by atoms with Crippen molar-refractivity contribution in [1.82, 2.24) is 10.6 Å². The van der Waals surface area contributed by atoms with Crippen LogP contribution in [-0.2, 0) is 9.59 Å². The summed E-state index contributed by atoms with van der Waals surface area (Å²) in [5.74, 6) is -3.47. The molecule has 0 spiro atoms. The van der Waals surface area contributed by atoms with Crippen molar-refractivity contribution >= 4 is 17.8 Å². The minimum absolute atomic E-state index is 0.139. The van der Waals surface area contributed by atoms with Crippen LogP contribution in [0.15, 0.2) is 12.1 Å². The molecule has 0 unspecified atom stereocenters. The molecule has 0 heterocycles. The Balaban J connectivity index is 1.63. The van der Waals surface area contributed by atoms with Crippen molar-refractivity contribution in [2.75, 3.05) is 13.1 Å². The number of carboxylic acid groups (broad SMARTS) is 1. The SMILES string of the molecule is O=C(CCCNC(=O)c1ccc(O)c(O)c1O)NCC1CCC(C(=O)O)CC1. The third kappa shape index (κ3) is 5.77. The van der Waals surface area contributed by atoms with Crippen LogP contribution in [0.5, 0.6) is 17.2 Å². The van der Waals surface area contributed by atoms with Crippen molar-refractivity contribution in [3.05, 3.63) is 17.7 Å². The largest absolute Gasteiger partial charge is 0.504 e. The highest BCUT2D eigenvalue weighted by Gasteiger charge is 2.26. The number of aliphatic carboxylic acids is 1. The van der Waals surface area contributed by atoms with Gasteiger partial charge in [0, 0.05) is 19.5 Å². The van der Waals surface area contributed by atoms with Gasteiger partial charge in [0.2, 0.25) is 11.7 Å². The summed E-state index contributed by atoms with van der Waals surface area (Å²) in [7, 11) is 0. The van der Waals surface area contributed by atoms with Crippen molar-refractivity contribution < 1.29 is 34.8 Å². The van der Waals surface area contributed by atoms with Crippen molar-refractivity contribution in [3.63, 3.8) is 0 Å². The Kier molecular flexibility index (Phi) is 7.48. The van der Waals surface area contributed by atoms with Gasteiger partial charge < -0.3 is 31.1 Å². The lowest BCUT2D eigenvalue weighted by atomic mass is 9.82. The van der Waals surface area contributed by atoms with Crippen LogP contribution in [-0.4, -0.2) is 51.3 Å². The molecular formula is C19H26N2O7. The molecule has 6 N–H and O–H groups in total. The lowest BCUT2D eigenvalue weighted by Gasteiger charge is -2.26. The van der Waals surface area contributed by atoms with Crippen LogP contribution in [0, 0.1) is 11.8 Å². The van der Waals surface area contributed by atoms with Gasteiger partial charge in [-0.3, -0.25) is 14.4 Å². The van der Waals surface area contributed by atoms with Gasteiger partial charge in [-0.25, -0.2) is 0 Å². The molecule has 1 aliphatic carbocycles. The highest BCUT2D eigenvalue weighted by Crippen LogP contribution is 2.36. The molecule has 1 aromatic carbocycles. The van der Waals surface area contributed by atoms with Gasteiger partial charge in [0.25, 0.3) is 5.91 Å². The van der Waals surface area contributed by atoms with Gasteiger partial charge in [0.15, 0.2) is 11.5 Å². The van der Waals surface area contributed by atoms with E-state index >= 15 is 0 Å². The van der Waals surface area contributed by atoms with E-state index in [0.717, 1.165) is 18.9 Å². The third-order valence-corrected chi connectivity index (χ3v) is 5.02. The molecule has 1 fully saturated rings. The monoisotopic (exact) mass is 394 g/mol. The molecule has 0 atom stereocenters. The van der Waals surface area contributed by atoms with E-state index in [2.05, 4.69) is 10.6 Å². The van der Waals surface area contributed by atoms with Crippen LogP contribution in [0.4, 0.5) is 0 Å². The number of aromatic hydroxyl groups is 3. The number of carboxylic acids is 1. The van der Waals surface area contributed by atoms with E-state index in [1.54, 1.807) is 0 Å². The van der Waals surface area contributed by atoms with E-state index in [9.17, 15) is 29.7 Å². The van der Waals surface area contributed by atoms with Crippen LogP contribution >= 0.6 is 0 Å². The number of phenols is 3. The van der Waals surface area contributed by atoms with Crippen LogP contribution in [0.25, 0.3) is 0 Å². The molecule has 0 bridgehead atoms. The summed E-state index contributed by atoms with van der Waals surface area (Å²) in [5.41, 5.74) is -0.170. The Morgan fingerprint density at radius 2 is 1.64 bits per heavy atom. The summed E-state index contributed by atoms with van der Waals surface area (Å²) in [6.45, 7) is 0.731. The standard InChI is InChI=1S/C19H26N2O7/c22-14-8-7-13(16(24)17(14)25)18(26)20-9-1-2-15(23)21-10-11-3-5-12(6-4-11)19(27)28/h7-8,11-12,22,24-25H,1-6,9-10H2,(H,20,26)(H,21,23)(H,27,28). The zero-order valence-corrected chi connectivity index (χ0v) is 15.5. The van der Waals surface area contributed by atoms with Crippen LogP contribution in [0.1, 0.15) is 48.9 Å². The van der Waals surface area contributed by atoms with E-state index < -0.39 is 29.1 Å². The molecule has 2 rings (SSSR count). The fourth-order valence-corrected chi connectivity index (χ4v) is 3.26. The summed E-state index contributed by atoms with van der Waals surface area (Å²) in [6, 6.07) is 2.28. The first-order valence-corrected chi connectivity index (χ1v) is 9.31. The molecular weight excluding hydrogens is 368 g/mol. The fourth-order valence-electron chi connectivity index (χ4n) is 3.26. The number of rotatable bonds is 8. The number of carbonyl (C=O) groups is 3. The maximum absolute atomic E-state index is 12.0. The first-order chi connectivity index (χ1) is 13.3. The Bertz CT molecular complexity index is 727. The second-order valence-electron chi connectivity index (χ2n) is 7.05. The first kappa shape index (κ1) is 21.3. The van der Waals surface area contributed by atoms with Crippen molar-refractivity contribution in [1.29, 1.82) is 0 Å². The van der Waals surface area contributed by atoms with E-state index in [0.29, 0.717) is 31.7 Å². The number of phenolic OH excluding ortho intramolecular Hbond substituents is 3. The molecule has 9 nitrogen and oxygen atoms in total. The molecule has 0 aliphatic heterocycles. The molecule has 9 heteroatoms. The Morgan fingerprint density at radius 1 is 0.964 bits per heavy atom. The average molecular weight is 394 g/mol. The number of hydrogen-bond acceptors (Lipinski definition) is 6. The zero-order chi connectivity index (χ0) is 20.7. The minimum Gasteiger partial charge on any atom is -0.504 e. The summed E-state index contributed by atoms with van der Waals surface area (Å²) in [4.78, 5) is 34.8. The molecule has 1 saturated carbocycles. The van der Waals surface area contributed by atoms with E-state index in [4.69, 9.17) is 5.11 Å². The molecule has 2 amide bonds. The lowest BCUT2D eigenvalue weighted by molar-refractivity contribution is -0.143. The van der Waals surface area contributed by atoms with Gasteiger partial charge in [0.05, 0.1) is 11.5 Å². The van der Waals surface area contributed by atoms with Gasteiger partial charge in [-0.2, -0.15) is 0 Å². The quantitative estimate of drug-likeness (QED) is 0.287. The smallest absolute Gasteiger partial charge is 0.306 e. The Morgan fingerprint density at radius 3 is 2.29 bits per heavy atom. The molecule has 0 radical (unpaired) electrons. The lowest BCUT2D eigenvalue weighted by Crippen LogP contribution is -2.33. The second kappa shape index (κ2) is 9.82. The molecule has 0 saturated heterocycles. The fraction of sp³-hybridized carbons (Fsp3) is 0.526. The number of amides is 2. The first-order valence-electron chi connectivity index (χ1n) is 9.31. The van der Waals surface area contributed by atoms with Gasteiger partial charge in [-0.15, -0.1) is 0 Å². The average Bonchev–Trinajstić information content (AvgIpc) is 2.68. The van der Waals surface area contributed by atoms with E-state index in [1.807, 2.05) is 0 Å². The van der Waals surface area contributed by atoms with Crippen molar-refractivity contribution in [2.45, 2.75) is 38.5 Å². The van der Waals surface area contributed by atoms with Crippen LogP contribution in [0.2, 0.25) is 0 Å². The summed E-state index contributed by atoms with van der Waals surface area (Å²) in [6.07, 6.45) is 3.47. The van der Waals surface area contributed by atoms with Gasteiger partial charge in [0.1, 0.15) is 0 Å². The number of nitrogens with one attached hydrogen (secondary N) is 2. The summed E-state index contributed by atoms with van der Waals surface area (Å²) < 4.78 is 0. The summed E-state index contributed by atoms with van der Waals surface area (Å²) in [5, 5.41) is 42.7. The molecule has 0 aromatic heterocycles. The maximum atomic E-state index is 12.0.